The maximum Gasteiger partial charge on any atom is 0.151 e. The molecule has 0 aliphatic heterocycles. The van der Waals surface area contributed by atoms with E-state index in [0.717, 1.165) is 37.5 Å². The van der Waals surface area contributed by atoms with E-state index in [1.54, 1.807) is 17.5 Å². The lowest BCUT2D eigenvalue weighted by atomic mass is 10.0. The average molecular weight is 398 g/mol. The maximum absolute atomic E-state index is 4.78. The van der Waals surface area contributed by atoms with E-state index in [0.29, 0.717) is 6.54 Å². The molecular formula is C16H13BBrN5S. The highest BCUT2D eigenvalue weighted by Gasteiger charge is 2.13. The number of rotatable bonds is 4. The molecule has 5 nitrogen and oxygen atoms in total. The van der Waals surface area contributed by atoms with Gasteiger partial charge in [-0.05, 0) is 44.5 Å². The predicted molar refractivity (Wildman–Crippen MR) is 104 cm³/mol. The minimum absolute atomic E-state index is 0.677. The Bertz CT molecular complexity index is 998. The fraction of sp³-hybridized carbons (Fsp3) is 0.0625. The fourth-order valence-electron chi connectivity index (χ4n) is 2.49. The van der Waals surface area contributed by atoms with E-state index in [1.807, 2.05) is 49.0 Å². The number of thiophene rings is 1. The molecule has 0 bridgehead atoms. The molecule has 0 saturated heterocycles. The van der Waals surface area contributed by atoms with Gasteiger partial charge in [-0.15, -0.1) is 11.3 Å². The smallest absolute Gasteiger partial charge is 0.151 e. The Labute approximate surface area is 152 Å². The summed E-state index contributed by atoms with van der Waals surface area (Å²) in [4.78, 5) is 10.0. The standard InChI is InChI=1S/C16H13BBrN5S/c17-11-9-21-23-14(20-8-10-2-1-4-19-7-10)6-13(22-16(11)23)15-12(18)3-5-24-15/h1-7,9,20H,8,17H2. The molecule has 4 rings (SSSR count). The van der Waals surface area contributed by atoms with Crippen molar-refractivity contribution in [2.24, 2.45) is 0 Å². The number of aromatic nitrogens is 4. The highest BCUT2D eigenvalue weighted by molar-refractivity contribution is 9.10. The summed E-state index contributed by atoms with van der Waals surface area (Å²) in [5.41, 5.74) is 3.96. The summed E-state index contributed by atoms with van der Waals surface area (Å²) in [5, 5.41) is 9.94. The van der Waals surface area contributed by atoms with Crippen LogP contribution in [-0.4, -0.2) is 27.4 Å². The quantitative estimate of drug-likeness (QED) is 0.537. The van der Waals surface area contributed by atoms with E-state index in [4.69, 9.17) is 4.98 Å². The van der Waals surface area contributed by atoms with Gasteiger partial charge in [0.1, 0.15) is 13.7 Å². The Kier molecular flexibility index (Phi) is 4.07. The van der Waals surface area contributed by atoms with Gasteiger partial charge in [0.2, 0.25) is 0 Å². The summed E-state index contributed by atoms with van der Waals surface area (Å²) in [6.07, 6.45) is 5.47. The Morgan fingerprint density at radius 3 is 2.96 bits per heavy atom. The van der Waals surface area contributed by atoms with E-state index in [9.17, 15) is 0 Å². The van der Waals surface area contributed by atoms with Crippen LogP contribution in [-0.2, 0) is 6.54 Å². The number of halogens is 1. The first-order valence-corrected chi connectivity index (χ1v) is 9.11. The molecule has 8 heteroatoms. The second kappa shape index (κ2) is 6.37. The van der Waals surface area contributed by atoms with Crippen molar-refractivity contribution in [3.05, 3.63) is 58.3 Å². The van der Waals surface area contributed by atoms with Crippen molar-refractivity contribution in [3.63, 3.8) is 0 Å². The Balaban J connectivity index is 1.77. The molecular weight excluding hydrogens is 385 g/mol. The minimum Gasteiger partial charge on any atom is -0.366 e. The number of anilines is 1. The zero-order valence-corrected chi connectivity index (χ0v) is 15.3. The van der Waals surface area contributed by atoms with Gasteiger partial charge in [0.25, 0.3) is 0 Å². The van der Waals surface area contributed by atoms with Crippen molar-refractivity contribution in [3.8, 4) is 10.6 Å². The van der Waals surface area contributed by atoms with Crippen molar-refractivity contribution in [2.45, 2.75) is 6.54 Å². The second-order valence-electron chi connectivity index (χ2n) is 5.40. The Morgan fingerprint density at radius 2 is 2.21 bits per heavy atom. The molecule has 0 saturated carbocycles. The number of nitrogens with one attached hydrogen (secondary N) is 1. The van der Waals surface area contributed by atoms with Crippen molar-refractivity contribution < 1.29 is 0 Å². The highest BCUT2D eigenvalue weighted by Crippen LogP contribution is 2.33. The fourth-order valence-corrected chi connectivity index (χ4v) is 4.02. The Morgan fingerprint density at radius 1 is 1.29 bits per heavy atom. The van der Waals surface area contributed by atoms with Crippen LogP contribution in [0, 0.1) is 0 Å². The van der Waals surface area contributed by atoms with E-state index in [-0.39, 0.29) is 0 Å². The van der Waals surface area contributed by atoms with Crippen molar-refractivity contribution >= 4 is 52.0 Å². The number of pyridine rings is 1. The topological polar surface area (TPSA) is 55.1 Å². The van der Waals surface area contributed by atoms with Gasteiger partial charge in [-0.1, -0.05) is 6.07 Å². The van der Waals surface area contributed by atoms with Crippen molar-refractivity contribution in [2.75, 3.05) is 5.32 Å². The summed E-state index contributed by atoms with van der Waals surface area (Å²) in [6, 6.07) is 8.05. The minimum atomic E-state index is 0.677. The largest absolute Gasteiger partial charge is 0.366 e. The van der Waals surface area contributed by atoms with Crippen LogP contribution in [0.2, 0.25) is 0 Å². The first-order valence-electron chi connectivity index (χ1n) is 7.44. The molecule has 0 unspecified atom stereocenters. The molecule has 0 aliphatic carbocycles. The molecule has 0 aromatic carbocycles. The molecule has 0 aliphatic rings. The van der Waals surface area contributed by atoms with Gasteiger partial charge in [0.15, 0.2) is 5.65 Å². The third kappa shape index (κ3) is 2.83. The molecule has 1 N–H and O–H groups in total. The van der Waals surface area contributed by atoms with E-state index in [2.05, 4.69) is 36.7 Å². The van der Waals surface area contributed by atoms with Crippen LogP contribution < -0.4 is 10.8 Å². The van der Waals surface area contributed by atoms with E-state index >= 15 is 0 Å². The molecule has 0 amide bonds. The first-order chi connectivity index (χ1) is 11.7. The number of hydrogen-bond donors (Lipinski definition) is 1. The Hall–Kier alpha value is -2.19. The summed E-state index contributed by atoms with van der Waals surface area (Å²) in [6.45, 7) is 0.677. The van der Waals surface area contributed by atoms with Crippen molar-refractivity contribution in [1.29, 1.82) is 0 Å². The van der Waals surface area contributed by atoms with Crippen LogP contribution in [0.15, 0.2) is 52.7 Å². The number of nitrogens with zero attached hydrogens (tertiary/aromatic N) is 4. The monoisotopic (exact) mass is 397 g/mol. The van der Waals surface area contributed by atoms with Crippen LogP contribution in [0.4, 0.5) is 5.82 Å². The maximum atomic E-state index is 4.78. The van der Waals surface area contributed by atoms with Crippen LogP contribution in [0.3, 0.4) is 0 Å². The van der Waals surface area contributed by atoms with Gasteiger partial charge in [-0.3, -0.25) is 4.98 Å². The van der Waals surface area contributed by atoms with Crippen molar-refractivity contribution in [1.82, 2.24) is 19.6 Å². The molecule has 0 spiro atoms. The average Bonchev–Trinajstić information content (AvgIpc) is 3.20. The van der Waals surface area contributed by atoms with Gasteiger partial charge < -0.3 is 5.32 Å². The van der Waals surface area contributed by atoms with Crippen LogP contribution in [0.5, 0.6) is 0 Å². The molecule has 4 heterocycles. The van der Waals surface area contributed by atoms with E-state index in [1.165, 1.54) is 0 Å². The van der Waals surface area contributed by atoms with Gasteiger partial charge in [-0.2, -0.15) is 9.61 Å². The normalized spacial score (nSPS) is 11.0. The molecule has 0 atom stereocenters. The zero-order chi connectivity index (χ0) is 16.5. The lowest BCUT2D eigenvalue weighted by Gasteiger charge is -2.10. The van der Waals surface area contributed by atoms with Gasteiger partial charge in [-0.25, -0.2) is 4.98 Å². The highest BCUT2D eigenvalue weighted by atomic mass is 79.9. The summed E-state index contributed by atoms with van der Waals surface area (Å²) in [7, 11) is 2.02. The SMILES string of the molecule is Bc1cnn2c(NCc3cccnc3)cc(-c3sccc3Br)nc12. The van der Waals surface area contributed by atoms with Gasteiger partial charge in [0, 0.05) is 35.7 Å². The van der Waals surface area contributed by atoms with Crippen LogP contribution in [0.25, 0.3) is 16.2 Å². The molecule has 0 fully saturated rings. The second-order valence-corrected chi connectivity index (χ2v) is 7.17. The number of hydrogen-bond acceptors (Lipinski definition) is 5. The first kappa shape index (κ1) is 15.3. The molecule has 0 radical (unpaired) electrons. The lowest BCUT2D eigenvalue weighted by Crippen LogP contribution is -2.09. The van der Waals surface area contributed by atoms with Crippen LogP contribution >= 0.6 is 27.3 Å². The summed E-state index contributed by atoms with van der Waals surface area (Å²) in [5.74, 6) is 0.909. The number of fused-ring (bicyclic) bond motifs is 1. The third-order valence-corrected chi connectivity index (χ3v) is 5.55. The van der Waals surface area contributed by atoms with Gasteiger partial charge >= 0.3 is 0 Å². The van der Waals surface area contributed by atoms with Crippen LogP contribution in [0.1, 0.15) is 5.56 Å². The summed E-state index contributed by atoms with van der Waals surface area (Å²) >= 11 is 5.26. The lowest BCUT2D eigenvalue weighted by molar-refractivity contribution is 0.926. The predicted octanol–water partition coefficient (Wildman–Crippen LogP) is 2.49. The third-order valence-electron chi connectivity index (χ3n) is 3.69. The molecule has 4 aromatic heterocycles. The zero-order valence-electron chi connectivity index (χ0n) is 12.9. The van der Waals surface area contributed by atoms with Gasteiger partial charge in [0.05, 0.1) is 10.6 Å². The van der Waals surface area contributed by atoms with E-state index < -0.39 is 0 Å². The molecule has 118 valence electrons. The molecule has 4 aromatic rings. The summed E-state index contributed by atoms with van der Waals surface area (Å²) < 4.78 is 2.90. The molecule has 24 heavy (non-hydrogen) atoms.